The molecule has 3 heterocycles. The van der Waals surface area contributed by atoms with E-state index in [9.17, 15) is 4.79 Å². The van der Waals surface area contributed by atoms with Gasteiger partial charge in [-0.3, -0.25) is 0 Å². The molecule has 1 unspecified atom stereocenters. The van der Waals surface area contributed by atoms with Gasteiger partial charge in [-0.25, -0.2) is 9.78 Å². The molecule has 2 N–H and O–H groups in total. The van der Waals surface area contributed by atoms with Gasteiger partial charge in [0.1, 0.15) is 5.65 Å². The van der Waals surface area contributed by atoms with Gasteiger partial charge in [0.15, 0.2) is 0 Å². The standard InChI is InChI=1S/C13H15N3O2/c17-13(18)10-3-4-12-15-11(8-16(12)7-10)9-2-1-5-14-6-9/h3-4,7-9,14H,1-2,5-6H2,(H,17,18). The van der Waals surface area contributed by atoms with Crippen molar-refractivity contribution in [3.63, 3.8) is 0 Å². The van der Waals surface area contributed by atoms with E-state index in [1.165, 1.54) is 6.42 Å². The minimum absolute atomic E-state index is 0.285. The summed E-state index contributed by atoms with van der Waals surface area (Å²) in [6.07, 6.45) is 5.87. The minimum Gasteiger partial charge on any atom is -0.478 e. The minimum atomic E-state index is -0.911. The van der Waals surface area contributed by atoms with Crippen LogP contribution in [0.15, 0.2) is 24.5 Å². The van der Waals surface area contributed by atoms with Crippen LogP contribution in [0.4, 0.5) is 0 Å². The molecule has 0 bridgehead atoms. The first-order valence-electron chi connectivity index (χ1n) is 6.17. The Morgan fingerprint density at radius 3 is 3.06 bits per heavy atom. The van der Waals surface area contributed by atoms with E-state index in [1.807, 2.05) is 6.20 Å². The molecule has 2 aromatic heterocycles. The van der Waals surface area contributed by atoms with E-state index < -0.39 is 5.97 Å². The lowest BCUT2D eigenvalue weighted by Crippen LogP contribution is -2.28. The molecule has 0 aromatic carbocycles. The van der Waals surface area contributed by atoms with Crippen LogP contribution >= 0.6 is 0 Å². The monoisotopic (exact) mass is 245 g/mol. The first kappa shape index (κ1) is 11.2. The zero-order valence-corrected chi connectivity index (χ0v) is 9.97. The van der Waals surface area contributed by atoms with Crippen molar-refractivity contribution in [2.75, 3.05) is 13.1 Å². The number of carboxylic acid groups (broad SMARTS) is 1. The highest BCUT2D eigenvalue weighted by Crippen LogP contribution is 2.22. The Labute approximate surface area is 104 Å². The zero-order valence-electron chi connectivity index (χ0n) is 9.97. The fourth-order valence-electron chi connectivity index (χ4n) is 2.44. The van der Waals surface area contributed by atoms with E-state index in [0.29, 0.717) is 5.92 Å². The zero-order chi connectivity index (χ0) is 12.5. The number of hydrogen-bond acceptors (Lipinski definition) is 3. The van der Waals surface area contributed by atoms with Crippen LogP contribution in [0.1, 0.15) is 34.8 Å². The lowest BCUT2D eigenvalue weighted by Gasteiger charge is -2.20. The lowest BCUT2D eigenvalue weighted by atomic mass is 9.97. The molecule has 5 nitrogen and oxygen atoms in total. The molecule has 1 fully saturated rings. The SMILES string of the molecule is O=C(O)c1ccc2nc(C3CCCNC3)cn2c1. The Bertz CT molecular complexity index is 585. The summed E-state index contributed by atoms with van der Waals surface area (Å²) in [5, 5.41) is 12.3. The van der Waals surface area contributed by atoms with Gasteiger partial charge in [-0.15, -0.1) is 0 Å². The van der Waals surface area contributed by atoms with E-state index in [0.717, 1.165) is 30.9 Å². The highest BCUT2D eigenvalue weighted by molar-refractivity contribution is 5.87. The molecule has 0 amide bonds. The van der Waals surface area contributed by atoms with Crippen LogP contribution in [0.2, 0.25) is 0 Å². The van der Waals surface area contributed by atoms with Crippen LogP contribution in [0.3, 0.4) is 0 Å². The summed E-state index contributed by atoms with van der Waals surface area (Å²) in [7, 11) is 0. The fraction of sp³-hybridized carbons (Fsp3) is 0.385. The average molecular weight is 245 g/mol. The van der Waals surface area contributed by atoms with Gasteiger partial charge < -0.3 is 14.8 Å². The predicted octanol–water partition coefficient (Wildman–Crippen LogP) is 1.50. The van der Waals surface area contributed by atoms with Crippen LogP contribution in [0.25, 0.3) is 5.65 Å². The number of aromatic nitrogens is 2. The molecule has 1 aliphatic rings. The summed E-state index contributed by atoms with van der Waals surface area (Å²) in [4.78, 5) is 15.5. The highest BCUT2D eigenvalue weighted by Gasteiger charge is 2.18. The number of aromatic carboxylic acids is 1. The van der Waals surface area contributed by atoms with Gasteiger partial charge in [-0.1, -0.05) is 0 Å². The molecule has 1 aliphatic heterocycles. The van der Waals surface area contributed by atoms with Crippen molar-refractivity contribution in [3.05, 3.63) is 35.8 Å². The Hall–Kier alpha value is -1.88. The van der Waals surface area contributed by atoms with Crippen molar-refractivity contribution >= 4 is 11.6 Å². The lowest BCUT2D eigenvalue weighted by molar-refractivity contribution is 0.0696. The third-order valence-corrected chi connectivity index (χ3v) is 3.43. The number of nitrogens with zero attached hydrogens (tertiary/aromatic N) is 2. The first-order valence-corrected chi connectivity index (χ1v) is 6.17. The van der Waals surface area contributed by atoms with Gasteiger partial charge in [-0.2, -0.15) is 0 Å². The van der Waals surface area contributed by atoms with E-state index in [-0.39, 0.29) is 5.56 Å². The second-order valence-corrected chi connectivity index (χ2v) is 4.70. The Morgan fingerprint density at radius 1 is 1.44 bits per heavy atom. The normalized spacial score (nSPS) is 20.1. The van der Waals surface area contributed by atoms with E-state index >= 15 is 0 Å². The second-order valence-electron chi connectivity index (χ2n) is 4.70. The molecule has 94 valence electrons. The van der Waals surface area contributed by atoms with Crippen molar-refractivity contribution in [1.82, 2.24) is 14.7 Å². The molecule has 2 aromatic rings. The number of pyridine rings is 1. The molecule has 5 heteroatoms. The molecule has 0 spiro atoms. The van der Waals surface area contributed by atoms with Gasteiger partial charge in [0.25, 0.3) is 0 Å². The van der Waals surface area contributed by atoms with Gasteiger partial charge in [0.2, 0.25) is 0 Å². The fourth-order valence-corrected chi connectivity index (χ4v) is 2.44. The molecule has 0 radical (unpaired) electrons. The Kier molecular flexibility index (Phi) is 2.76. The molecule has 1 saturated heterocycles. The largest absolute Gasteiger partial charge is 0.478 e. The second kappa shape index (κ2) is 4.42. The van der Waals surface area contributed by atoms with Gasteiger partial charge in [-0.05, 0) is 31.5 Å². The van der Waals surface area contributed by atoms with Crippen LogP contribution in [-0.2, 0) is 0 Å². The van der Waals surface area contributed by atoms with Crippen LogP contribution in [-0.4, -0.2) is 33.6 Å². The highest BCUT2D eigenvalue weighted by atomic mass is 16.4. The van der Waals surface area contributed by atoms with E-state index in [4.69, 9.17) is 5.11 Å². The molecular formula is C13H15N3O2. The van der Waals surface area contributed by atoms with Crippen molar-refractivity contribution in [2.24, 2.45) is 0 Å². The summed E-state index contributed by atoms with van der Waals surface area (Å²) >= 11 is 0. The summed E-state index contributed by atoms with van der Waals surface area (Å²) in [5.74, 6) is -0.474. The van der Waals surface area contributed by atoms with Crippen LogP contribution < -0.4 is 5.32 Å². The van der Waals surface area contributed by atoms with E-state index in [1.54, 1.807) is 22.7 Å². The maximum atomic E-state index is 10.9. The van der Waals surface area contributed by atoms with Crippen molar-refractivity contribution in [2.45, 2.75) is 18.8 Å². The number of nitrogens with one attached hydrogen (secondary N) is 1. The quantitative estimate of drug-likeness (QED) is 0.841. The van der Waals surface area contributed by atoms with Gasteiger partial charge in [0.05, 0.1) is 11.3 Å². The Morgan fingerprint density at radius 2 is 2.33 bits per heavy atom. The number of rotatable bonds is 2. The number of carbonyl (C=O) groups is 1. The number of carboxylic acids is 1. The maximum absolute atomic E-state index is 10.9. The molecule has 0 aliphatic carbocycles. The first-order chi connectivity index (χ1) is 8.74. The van der Waals surface area contributed by atoms with Crippen LogP contribution in [0, 0.1) is 0 Å². The van der Waals surface area contributed by atoms with Gasteiger partial charge in [0, 0.05) is 24.9 Å². The van der Waals surface area contributed by atoms with E-state index in [2.05, 4.69) is 10.3 Å². The van der Waals surface area contributed by atoms with Gasteiger partial charge >= 0.3 is 5.97 Å². The third-order valence-electron chi connectivity index (χ3n) is 3.43. The maximum Gasteiger partial charge on any atom is 0.337 e. The predicted molar refractivity (Wildman–Crippen MR) is 67.0 cm³/mol. The molecule has 1 atom stereocenters. The number of imidazole rings is 1. The smallest absolute Gasteiger partial charge is 0.337 e. The molecule has 3 rings (SSSR count). The summed E-state index contributed by atoms with van der Waals surface area (Å²) in [5.41, 5.74) is 2.14. The van der Waals surface area contributed by atoms with Crippen molar-refractivity contribution < 1.29 is 9.90 Å². The molecule has 0 saturated carbocycles. The number of fused-ring (bicyclic) bond motifs is 1. The van der Waals surface area contributed by atoms with Crippen LogP contribution in [0.5, 0.6) is 0 Å². The number of hydrogen-bond donors (Lipinski definition) is 2. The topological polar surface area (TPSA) is 66.6 Å². The molecule has 18 heavy (non-hydrogen) atoms. The average Bonchev–Trinajstić information content (AvgIpc) is 2.82. The Balaban J connectivity index is 1.97. The number of piperidine rings is 1. The van der Waals surface area contributed by atoms with Crippen molar-refractivity contribution in [3.8, 4) is 0 Å². The third kappa shape index (κ3) is 1.97. The molecular weight excluding hydrogens is 230 g/mol. The summed E-state index contributed by atoms with van der Waals surface area (Å²) in [6, 6.07) is 3.34. The summed E-state index contributed by atoms with van der Waals surface area (Å²) in [6.45, 7) is 2.03. The van der Waals surface area contributed by atoms with Crippen molar-refractivity contribution in [1.29, 1.82) is 0 Å². The summed E-state index contributed by atoms with van der Waals surface area (Å²) < 4.78 is 1.80.